The Bertz CT molecular complexity index is 1300. The first-order valence-corrected chi connectivity index (χ1v) is 13.0. The fraction of sp³-hybridized carbons (Fsp3) is 0.407. The van der Waals surface area contributed by atoms with Gasteiger partial charge in [-0.05, 0) is 47.7 Å². The number of nitrogens with one attached hydrogen (secondary N) is 2. The van der Waals surface area contributed by atoms with Gasteiger partial charge < -0.3 is 30.3 Å². The van der Waals surface area contributed by atoms with E-state index in [1.54, 1.807) is 54.1 Å². The molecule has 0 bridgehead atoms. The fourth-order valence-electron chi connectivity index (χ4n) is 4.42. The van der Waals surface area contributed by atoms with Gasteiger partial charge in [0.1, 0.15) is 24.7 Å². The number of para-hydroxylation sites is 1. The van der Waals surface area contributed by atoms with Crippen molar-refractivity contribution in [3.8, 4) is 5.75 Å². The first-order chi connectivity index (χ1) is 19.2. The van der Waals surface area contributed by atoms with E-state index in [9.17, 15) is 19.5 Å². The Kier molecular flexibility index (Phi) is 9.27. The lowest BCUT2D eigenvalue weighted by molar-refractivity contribution is -0.134. The Hall–Kier alpha value is -4.52. The lowest BCUT2D eigenvalue weighted by Gasteiger charge is -2.34. The largest absolute Gasteiger partial charge is 0.488 e. The van der Waals surface area contributed by atoms with E-state index < -0.39 is 12.1 Å². The van der Waals surface area contributed by atoms with Gasteiger partial charge in [0, 0.05) is 36.4 Å². The van der Waals surface area contributed by atoms with Crippen LogP contribution in [0.1, 0.15) is 19.4 Å². The standard InChI is InChI=1S/C27H34N8O5/c1-18-13-35(19(2)16-36)26(38)12-20-11-22(29-25(37)15-34-17-28-31-32-34)9-10-23(20)40-24(18)14-33(3)27(39)30-21-7-5-4-6-8-21/h4-11,17-19,24,36H,12-16H2,1-3H3,(H,29,37)(H,30,39)/t18-,19-,24-/m1/s1. The lowest BCUT2D eigenvalue weighted by atomic mass is 10.0. The highest BCUT2D eigenvalue weighted by Crippen LogP contribution is 2.29. The summed E-state index contributed by atoms with van der Waals surface area (Å²) in [6.07, 6.45) is 0.885. The van der Waals surface area contributed by atoms with Crippen molar-refractivity contribution >= 4 is 29.2 Å². The molecule has 13 nitrogen and oxygen atoms in total. The molecular weight excluding hydrogens is 516 g/mol. The number of aliphatic hydroxyl groups is 1. The molecule has 40 heavy (non-hydrogen) atoms. The Morgan fingerprint density at radius 1 is 1.18 bits per heavy atom. The zero-order valence-corrected chi connectivity index (χ0v) is 22.7. The summed E-state index contributed by atoms with van der Waals surface area (Å²) in [4.78, 5) is 41.9. The third kappa shape index (κ3) is 7.32. The SMILES string of the molecule is C[C@@H]1CN([C@H](C)CO)C(=O)Cc2cc(NC(=O)Cn3cnnn3)ccc2O[C@@H]1CN(C)C(=O)Nc1ccccc1. The van der Waals surface area contributed by atoms with Crippen molar-refractivity contribution < 1.29 is 24.2 Å². The number of hydrogen-bond acceptors (Lipinski definition) is 8. The van der Waals surface area contributed by atoms with Gasteiger partial charge in [-0.25, -0.2) is 9.48 Å². The van der Waals surface area contributed by atoms with E-state index in [-0.39, 0.29) is 49.9 Å². The highest BCUT2D eigenvalue weighted by Gasteiger charge is 2.32. The van der Waals surface area contributed by atoms with Crippen LogP contribution in [0.15, 0.2) is 54.9 Å². The highest BCUT2D eigenvalue weighted by atomic mass is 16.5. The van der Waals surface area contributed by atoms with Crippen molar-refractivity contribution in [2.24, 2.45) is 5.92 Å². The van der Waals surface area contributed by atoms with Crippen LogP contribution in [0.2, 0.25) is 0 Å². The lowest BCUT2D eigenvalue weighted by Crippen LogP contribution is -2.48. The maximum Gasteiger partial charge on any atom is 0.321 e. The van der Waals surface area contributed by atoms with Gasteiger partial charge in [-0.15, -0.1) is 5.10 Å². The van der Waals surface area contributed by atoms with Crippen LogP contribution in [0.4, 0.5) is 16.2 Å². The number of hydrogen-bond donors (Lipinski definition) is 3. The molecule has 0 saturated heterocycles. The average Bonchev–Trinajstić information content (AvgIpc) is 3.45. The summed E-state index contributed by atoms with van der Waals surface area (Å²) >= 11 is 0. The number of carbonyl (C=O) groups is 3. The van der Waals surface area contributed by atoms with Crippen LogP contribution in [0.3, 0.4) is 0 Å². The predicted octanol–water partition coefficient (Wildman–Crippen LogP) is 1.62. The van der Waals surface area contributed by atoms with Crippen molar-refractivity contribution in [3.05, 3.63) is 60.4 Å². The summed E-state index contributed by atoms with van der Waals surface area (Å²) in [5, 5.41) is 26.2. The summed E-state index contributed by atoms with van der Waals surface area (Å²) in [6, 6.07) is 13.6. The van der Waals surface area contributed by atoms with Crippen molar-refractivity contribution in [1.29, 1.82) is 0 Å². The predicted molar refractivity (Wildman–Crippen MR) is 147 cm³/mol. The molecule has 1 aromatic heterocycles. The number of ether oxygens (including phenoxy) is 1. The monoisotopic (exact) mass is 550 g/mol. The molecule has 2 heterocycles. The van der Waals surface area contributed by atoms with Gasteiger partial charge >= 0.3 is 6.03 Å². The summed E-state index contributed by atoms with van der Waals surface area (Å²) in [5.41, 5.74) is 1.74. The van der Waals surface area contributed by atoms with E-state index in [1.165, 1.54) is 11.0 Å². The second-order valence-corrected chi connectivity index (χ2v) is 9.94. The van der Waals surface area contributed by atoms with E-state index in [1.807, 2.05) is 25.1 Å². The first-order valence-electron chi connectivity index (χ1n) is 13.0. The van der Waals surface area contributed by atoms with Crippen molar-refractivity contribution in [1.82, 2.24) is 30.0 Å². The molecule has 1 aliphatic heterocycles. The molecule has 0 aliphatic carbocycles. The Balaban J connectivity index is 1.56. The number of benzene rings is 2. The summed E-state index contributed by atoms with van der Waals surface area (Å²) < 4.78 is 7.75. The molecule has 3 atom stereocenters. The average molecular weight is 551 g/mol. The van der Waals surface area contributed by atoms with E-state index in [0.29, 0.717) is 29.2 Å². The molecular formula is C27H34N8O5. The second-order valence-electron chi connectivity index (χ2n) is 9.94. The number of fused-ring (bicyclic) bond motifs is 1. The number of carbonyl (C=O) groups excluding carboxylic acids is 3. The number of urea groups is 1. The number of tetrazole rings is 1. The smallest absolute Gasteiger partial charge is 0.321 e. The number of nitrogens with zero attached hydrogens (tertiary/aromatic N) is 6. The zero-order valence-electron chi connectivity index (χ0n) is 22.7. The molecule has 0 radical (unpaired) electrons. The van der Waals surface area contributed by atoms with Gasteiger partial charge in [-0.1, -0.05) is 25.1 Å². The van der Waals surface area contributed by atoms with Gasteiger partial charge in [-0.2, -0.15) is 0 Å². The molecule has 0 saturated carbocycles. The van der Waals surface area contributed by atoms with Crippen LogP contribution < -0.4 is 15.4 Å². The third-order valence-corrected chi connectivity index (χ3v) is 6.72. The molecule has 4 rings (SSSR count). The molecule has 13 heteroatoms. The zero-order chi connectivity index (χ0) is 28.6. The highest BCUT2D eigenvalue weighted by molar-refractivity contribution is 5.91. The number of likely N-dealkylation sites (N-methyl/N-ethyl adjacent to an activating group) is 1. The van der Waals surface area contributed by atoms with Crippen molar-refractivity contribution in [3.63, 3.8) is 0 Å². The van der Waals surface area contributed by atoms with E-state index >= 15 is 0 Å². The first kappa shape index (κ1) is 28.5. The minimum Gasteiger partial charge on any atom is -0.488 e. The molecule has 0 fully saturated rings. The van der Waals surface area contributed by atoms with E-state index in [4.69, 9.17) is 4.74 Å². The number of aliphatic hydroxyl groups excluding tert-OH is 1. The normalized spacial score (nSPS) is 17.9. The van der Waals surface area contributed by atoms with Gasteiger partial charge in [-0.3, -0.25) is 9.59 Å². The van der Waals surface area contributed by atoms with Gasteiger partial charge in [0.25, 0.3) is 0 Å². The van der Waals surface area contributed by atoms with Gasteiger partial charge in [0.15, 0.2) is 0 Å². The molecule has 212 valence electrons. The van der Waals surface area contributed by atoms with Crippen LogP contribution in [0.25, 0.3) is 0 Å². The number of aromatic nitrogens is 4. The minimum atomic E-state index is -0.468. The van der Waals surface area contributed by atoms with Crippen LogP contribution in [0.5, 0.6) is 5.75 Å². The molecule has 0 unspecified atom stereocenters. The molecule has 1 aliphatic rings. The maximum atomic E-state index is 13.4. The van der Waals surface area contributed by atoms with Crippen LogP contribution in [-0.4, -0.2) is 91.8 Å². The van der Waals surface area contributed by atoms with Crippen LogP contribution in [-0.2, 0) is 22.6 Å². The van der Waals surface area contributed by atoms with Gasteiger partial charge in [0.2, 0.25) is 11.8 Å². The molecule has 0 spiro atoms. The maximum absolute atomic E-state index is 13.4. The topological polar surface area (TPSA) is 155 Å². The molecule has 2 aromatic carbocycles. The second kappa shape index (κ2) is 13.0. The van der Waals surface area contributed by atoms with Crippen molar-refractivity contribution in [2.75, 3.05) is 37.4 Å². The van der Waals surface area contributed by atoms with Crippen LogP contribution >= 0.6 is 0 Å². The minimum absolute atomic E-state index is 0.0140. The molecule has 4 amide bonds. The Labute approximate surface area is 232 Å². The van der Waals surface area contributed by atoms with E-state index in [0.717, 1.165) is 0 Å². The molecule has 3 aromatic rings. The summed E-state index contributed by atoms with van der Waals surface area (Å²) in [7, 11) is 1.68. The fourth-order valence-corrected chi connectivity index (χ4v) is 4.42. The quantitative estimate of drug-likeness (QED) is 0.382. The van der Waals surface area contributed by atoms with Crippen LogP contribution in [0, 0.1) is 5.92 Å². The van der Waals surface area contributed by atoms with Crippen molar-refractivity contribution in [2.45, 2.75) is 39.0 Å². The third-order valence-electron chi connectivity index (χ3n) is 6.72. The Morgan fingerprint density at radius 3 is 2.65 bits per heavy atom. The number of rotatable bonds is 8. The van der Waals surface area contributed by atoms with E-state index in [2.05, 4.69) is 26.2 Å². The number of amides is 4. The Morgan fingerprint density at radius 2 is 1.95 bits per heavy atom. The van der Waals surface area contributed by atoms with Gasteiger partial charge in [0.05, 0.1) is 25.6 Å². The number of anilines is 2. The molecule has 3 N–H and O–H groups in total. The summed E-state index contributed by atoms with van der Waals surface area (Å²) in [5.74, 6) is -0.201. The summed E-state index contributed by atoms with van der Waals surface area (Å²) in [6.45, 7) is 4.06.